The van der Waals surface area contributed by atoms with Crippen LogP contribution in [0, 0.1) is 12.7 Å². The minimum absolute atomic E-state index is 0.150. The van der Waals surface area contributed by atoms with Gasteiger partial charge in [0.05, 0.1) is 11.1 Å². The molecule has 1 aliphatic rings. The minimum atomic E-state index is -0.293. The number of fused-ring (bicyclic) bond motifs is 2. The van der Waals surface area contributed by atoms with E-state index < -0.39 is 0 Å². The monoisotopic (exact) mass is 404 g/mol. The first-order valence-corrected chi connectivity index (χ1v) is 9.39. The number of aromatic nitrogens is 3. The molecule has 1 aliphatic heterocycles. The van der Waals surface area contributed by atoms with E-state index in [2.05, 4.69) is 15.2 Å². The Morgan fingerprint density at radius 1 is 1.17 bits per heavy atom. The van der Waals surface area contributed by atoms with Crippen LogP contribution in [0.1, 0.15) is 32.9 Å². The summed E-state index contributed by atoms with van der Waals surface area (Å²) in [6, 6.07) is 8.15. The van der Waals surface area contributed by atoms with Crippen molar-refractivity contribution in [3.05, 3.63) is 70.5 Å². The van der Waals surface area contributed by atoms with Gasteiger partial charge in [-0.1, -0.05) is 12.1 Å². The van der Waals surface area contributed by atoms with E-state index in [1.165, 1.54) is 17.0 Å². The predicted molar refractivity (Wildman–Crippen MR) is 106 cm³/mol. The van der Waals surface area contributed by atoms with Crippen LogP contribution in [0.15, 0.2) is 40.9 Å². The van der Waals surface area contributed by atoms with Crippen LogP contribution in [-0.2, 0) is 13.0 Å². The van der Waals surface area contributed by atoms with Gasteiger partial charge in [-0.25, -0.2) is 4.39 Å². The topological polar surface area (TPSA) is 92.3 Å². The average Bonchev–Trinajstić information content (AvgIpc) is 3.27. The van der Waals surface area contributed by atoms with Crippen molar-refractivity contribution in [3.8, 4) is 17.2 Å². The predicted octanol–water partition coefficient (Wildman–Crippen LogP) is 3.61. The van der Waals surface area contributed by atoms with Gasteiger partial charge in [0.15, 0.2) is 5.75 Å². The van der Waals surface area contributed by atoms with Crippen LogP contribution in [0.4, 0.5) is 4.39 Å². The molecule has 1 N–H and O–H groups in total. The van der Waals surface area contributed by atoms with Gasteiger partial charge in [-0.3, -0.25) is 9.78 Å². The van der Waals surface area contributed by atoms with Crippen molar-refractivity contribution in [1.82, 2.24) is 20.1 Å². The second kappa shape index (κ2) is 6.62. The Bertz CT molecular complexity index is 1310. The number of aryl methyl sites for hydroxylation is 1. The van der Waals surface area contributed by atoms with E-state index >= 15 is 0 Å². The highest BCUT2D eigenvalue weighted by Crippen LogP contribution is 2.43. The molecule has 0 atom stereocenters. The molecule has 2 aromatic heterocycles. The normalized spacial score (nSPS) is 13.3. The lowest BCUT2D eigenvalue weighted by molar-refractivity contribution is 0.0814. The lowest BCUT2D eigenvalue weighted by atomic mass is 9.95. The fraction of sp³-hybridized carbons (Fsp3) is 0.182. The lowest BCUT2D eigenvalue weighted by Gasteiger charge is -2.12. The molecule has 5 rings (SSSR count). The Balaban J connectivity index is 1.74. The Kier molecular flexibility index (Phi) is 4.02. The molecule has 4 aromatic rings. The van der Waals surface area contributed by atoms with Gasteiger partial charge in [-0.15, -0.1) is 10.2 Å². The van der Waals surface area contributed by atoms with Gasteiger partial charge in [0, 0.05) is 37.7 Å². The first-order chi connectivity index (χ1) is 14.4. The van der Waals surface area contributed by atoms with Crippen molar-refractivity contribution in [2.24, 2.45) is 0 Å². The number of aromatic hydroxyl groups is 1. The van der Waals surface area contributed by atoms with Crippen molar-refractivity contribution in [2.75, 3.05) is 7.05 Å². The van der Waals surface area contributed by atoms with Crippen LogP contribution in [0.2, 0.25) is 0 Å². The molecule has 0 saturated heterocycles. The zero-order valence-corrected chi connectivity index (χ0v) is 16.3. The lowest BCUT2D eigenvalue weighted by Crippen LogP contribution is -2.17. The van der Waals surface area contributed by atoms with E-state index in [1.807, 2.05) is 6.07 Å². The van der Waals surface area contributed by atoms with Crippen LogP contribution in [0.3, 0.4) is 0 Å². The summed E-state index contributed by atoms with van der Waals surface area (Å²) in [5.41, 5.74) is 3.54. The molecule has 3 heterocycles. The van der Waals surface area contributed by atoms with Crippen LogP contribution < -0.4 is 0 Å². The van der Waals surface area contributed by atoms with Crippen molar-refractivity contribution >= 4 is 16.8 Å². The van der Waals surface area contributed by atoms with Crippen LogP contribution in [-0.4, -0.2) is 38.1 Å². The van der Waals surface area contributed by atoms with Crippen molar-refractivity contribution in [2.45, 2.75) is 19.9 Å². The molecule has 1 amide bonds. The van der Waals surface area contributed by atoms with E-state index in [9.17, 15) is 14.3 Å². The van der Waals surface area contributed by atoms with E-state index in [-0.39, 0.29) is 28.9 Å². The number of hydrogen-bond donors (Lipinski definition) is 1. The van der Waals surface area contributed by atoms with Crippen molar-refractivity contribution < 1.29 is 18.7 Å². The number of rotatable bonds is 3. The summed E-state index contributed by atoms with van der Waals surface area (Å²) in [4.78, 5) is 18.6. The molecule has 0 aliphatic carbocycles. The number of phenolic OH excluding ortho intramolecular Hbond substituents is 1. The summed E-state index contributed by atoms with van der Waals surface area (Å²) in [5.74, 6) is -0.0499. The van der Waals surface area contributed by atoms with E-state index in [4.69, 9.17) is 4.42 Å². The number of pyridine rings is 1. The number of halogens is 1. The number of nitrogens with zero attached hydrogens (tertiary/aromatic N) is 4. The second-order valence-corrected chi connectivity index (χ2v) is 7.41. The zero-order chi connectivity index (χ0) is 21.0. The zero-order valence-electron chi connectivity index (χ0n) is 16.3. The summed E-state index contributed by atoms with van der Waals surface area (Å²) in [5, 5.41) is 19.5. The average molecular weight is 404 g/mol. The molecule has 8 heteroatoms. The summed E-state index contributed by atoms with van der Waals surface area (Å²) < 4.78 is 18.9. The molecule has 2 aromatic carbocycles. The maximum absolute atomic E-state index is 13.2. The number of benzene rings is 2. The molecule has 0 spiro atoms. The van der Waals surface area contributed by atoms with Crippen molar-refractivity contribution in [3.63, 3.8) is 0 Å². The van der Waals surface area contributed by atoms with Crippen LogP contribution in [0.5, 0.6) is 5.75 Å². The highest BCUT2D eigenvalue weighted by atomic mass is 19.1. The summed E-state index contributed by atoms with van der Waals surface area (Å²) in [6.07, 6.45) is 2.17. The molecule has 0 saturated carbocycles. The molecule has 150 valence electrons. The minimum Gasteiger partial charge on any atom is -0.505 e. The van der Waals surface area contributed by atoms with Gasteiger partial charge in [0.1, 0.15) is 11.3 Å². The van der Waals surface area contributed by atoms with Crippen molar-refractivity contribution in [1.29, 1.82) is 0 Å². The molecule has 30 heavy (non-hydrogen) atoms. The quantitative estimate of drug-likeness (QED) is 0.561. The number of carbonyl (C=O) groups excluding carboxylic acids is 1. The van der Waals surface area contributed by atoms with Gasteiger partial charge < -0.3 is 14.4 Å². The first kappa shape index (κ1) is 18.2. The standard InChI is InChI=1S/C22H17FN4O3/c1-11-25-26-21(30-11)17-15-8-13(7-12-3-5-14(23)6-4-12)9-24-19(15)20(28)18-16(17)10-27(2)22(18)29/h3-6,8-9,28H,7,10H2,1-2H3. The van der Waals surface area contributed by atoms with E-state index in [0.717, 1.165) is 11.1 Å². The molecular formula is C22H17FN4O3. The van der Waals surface area contributed by atoms with Crippen LogP contribution in [0.25, 0.3) is 22.4 Å². The summed E-state index contributed by atoms with van der Waals surface area (Å²) in [7, 11) is 1.67. The molecular weight excluding hydrogens is 387 g/mol. The maximum Gasteiger partial charge on any atom is 0.258 e. The first-order valence-electron chi connectivity index (χ1n) is 9.39. The maximum atomic E-state index is 13.2. The third kappa shape index (κ3) is 2.80. The third-order valence-electron chi connectivity index (χ3n) is 5.30. The van der Waals surface area contributed by atoms with Gasteiger partial charge in [-0.2, -0.15) is 0 Å². The van der Waals surface area contributed by atoms with Gasteiger partial charge in [0.25, 0.3) is 5.91 Å². The molecule has 0 radical (unpaired) electrons. The van der Waals surface area contributed by atoms with Gasteiger partial charge in [0.2, 0.25) is 11.8 Å². The number of phenols is 1. The fourth-order valence-corrected chi connectivity index (χ4v) is 3.90. The Morgan fingerprint density at radius 3 is 2.63 bits per heavy atom. The fourth-order valence-electron chi connectivity index (χ4n) is 3.90. The summed E-state index contributed by atoms with van der Waals surface area (Å²) >= 11 is 0. The Hall–Kier alpha value is -3.81. The number of hydrogen-bond acceptors (Lipinski definition) is 6. The molecule has 0 bridgehead atoms. The SMILES string of the molecule is Cc1nnc(-c2c3c(c(O)c4ncc(Cc5ccc(F)cc5)cc24)C(=O)N(C)C3)o1. The third-order valence-corrected chi connectivity index (χ3v) is 5.30. The number of carbonyl (C=O) groups is 1. The highest BCUT2D eigenvalue weighted by molar-refractivity contribution is 6.11. The highest BCUT2D eigenvalue weighted by Gasteiger charge is 2.34. The van der Waals surface area contributed by atoms with Gasteiger partial charge in [-0.05, 0) is 35.7 Å². The largest absolute Gasteiger partial charge is 0.505 e. The second-order valence-electron chi connectivity index (χ2n) is 7.41. The molecule has 0 fully saturated rings. The van der Waals surface area contributed by atoms with Crippen LogP contribution >= 0.6 is 0 Å². The molecule has 7 nitrogen and oxygen atoms in total. The number of amides is 1. The smallest absolute Gasteiger partial charge is 0.258 e. The molecule has 0 unspecified atom stereocenters. The summed E-state index contributed by atoms with van der Waals surface area (Å²) in [6.45, 7) is 2.01. The van der Waals surface area contributed by atoms with E-state index in [0.29, 0.717) is 40.9 Å². The van der Waals surface area contributed by atoms with E-state index in [1.54, 1.807) is 32.3 Å². The van der Waals surface area contributed by atoms with Gasteiger partial charge >= 0.3 is 0 Å². The Morgan fingerprint density at radius 2 is 1.93 bits per heavy atom. The Labute approximate surface area is 170 Å².